The molecule has 1 aliphatic carbocycles. The highest BCUT2D eigenvalue weighted by Gasteiger charge is 2.46. The van der Waals surface area contributed by atoms with Crippen LogP contribution in [0.4, 0.5) is 0 Å². The summed E-state index contributed by atoms with van der Waals surface area (Å²) in [5.41, 5.74) is 1.14. The number of benzene rings is 1. The van der Waals surface area contributed by atoms with E-state index in [-0.39, 0.29) is 11.2 Å². The van der Waals surface area contributed by atoms with Crippen LogP contribution in [0.5, 0.6) is 5.75 Å². The number of rotatable bonds is 6. The monoisotopic (exact) mass is 310 g/mol. The first-order valence-electron chi connectivity index (χ1n) is 7.44. The Morgan fingerprint density at radius 2 is 2.00 bits per heavy atom. The van der Waals surface area contributed by atoms with E-state index in [4.69, 9.17) is 9.47 Å². The van der Waals surface area contributed by atoms with Gasteiger partial charge in [0.05, 0.1) is 19.0 Å². The van der Waals surface area contributed by atoms with Crippen LogP contribution in [0.3, 0.4) is 0 Å². The van der Waals surface area contributed by atoms with Crippen LogP contribution in [0.1, 0.15) is 30.7 Å². The maximum absolute atomic E-state index is 11.4. The highest BCUT2D eigenvalue weighted by Crippen LogP contribution is 2.47. The molecule has 116 valence electrons. The summed E-state index contributed by atoms with van der Waals surface area (Å²) in [5, 5.41) is 0. The third kappa shape index (κ3) is 3.98. The van der Waals surface area contributed by atoms with Crippen LogP contribution in [-0.4, -0.2) is 40.2 Å². The molecule has 1 aromatic carbocycles. The van der Waals surface area contributed by atoms with E-state index in [2.05, 4.69) is 12.1 Å². The van der Waals surface area contributed by atoms with Crippen LogP contribution >= 0.6 is 0 Å². The molecule has 0 radical (unpaired) electrons. The Balaban J connectivity index is 1.56. The second-order valence-corrected chi connectivity index (χ2v) is 8.63. The fourth-order valence-corrected chi connectivity index (χ4v) is 4.42. The molecule has 1 aliphatic heterocycles. The van der Waals surface area contributed by atoms with Gasteiger partial charge >= 0.3 is 0 Å². The normalized spacial score (nSPS) is 24.0. The molecular weight excluding hydrogens is 288 g/mol. The van der Waals surface area contributed by atoms with Crippen molar-refractivity contribution in [1.29, 1.82) is 0 Å². The van der Waals surface area contributed by atoms with Crippen LogP contribution in [0, 0.1) is 5.41 Å². The maximum Gasteiger partial charge on any atom is 0.148 e. The van der Waals surface area contributed by atoms with Gasteiger partial charge in [0.2, 0.25) is 0 Å². The van der Waals surface area contributed by atoms with Crippen molar-refractivity contribution < 1.29 is 17.9 Å². The minimum Gasteiger partial charge on any atom is -0.493 e. The van der Waals surface area contributed by atoms with Crippen LogP contribution < -0.4 is 4.74 Å². The SMILES string of the molecule is CS(=O)(=O)CC1(COc2ccc(C3CCOC3)cc2)CC1. The zero-order valence-electron chi connectivity index (χ0n) is 12.4. The summed E-state index contributed by atoms with van der Waals surface area (Å²) in [6, 6.07) is 8.13. The van der Waals surface area contributed by atoms with Gasteiger partial charge in [-0.1, -0.05) is 12.1 Å². The lowest BCUT2D eigenvalue weighted by Crippen LogP contribution is -2.22. The van der Waals surface area contributed by atoms with Crippen LogP contribution in [-0.2, 0) is 14.6 Å². The van der Waals surface area contributed by atoms with Crippen molar-refractivity contribution >= 4 is 9.84 Å². The predicted octanol–water partition coefficient (Wildman–Crippen LogP) is 2.39. The number of hydrogen-bond acceptors (Lipinski definition) is 4. The first kappa shape index (κ1) is 14.9. The Hall–Kier alpha value is -1.07. The van der Waals surface area contributed by atoms with E-state index in [1.807, 2.05) is 12.1 Å². The fraction of sp³-hybridized carbons (Fsp3) is 0.625. The largest absolute Gasteiger partial charge is 0.493 e. The second kappa shape index (κ2) is 5.61. The first-order valence-corrected chi connectivity index (χ1v) is 9.50. The van der Waals surface area contributed by atoms with Gasteiger partial charge in [0.1, 0.15) is 15.6 Å². The highest BCUT2D eigenvalue weighted by atomic mass is 32.2. The van der Waals surface area contributed by atoms with Gasteiger partial charge in [-0.15, -0.1) is 0 Å². The molecule has 1 saturated heterocycles. The van der Waals surface area contributed by atoms with Crippen molar-refractivity contribution in [2.24, 2.45) is 5.41 Å². The lowest BCUT2D eigenvalue weighted by molar-refractivity contribution is 0.194. The predicted molar refractivity (Wildman–Crippen MR) is 81.5 cm³/mol. The zero-order valence-corrected chi connectivity index (χ0v) is 13.2. The van der Waals surface area contributed by atoms with E-state index >= 15 is 0 Å². The van der Waals surface area contributed by atoms with Crippen LogP contribution in [0.25, 0.3) is 0 Å². The molecule has 0 spiro atoms. The molecule has 4 nitrogen and oxygen atoms in total. The molecule has 0 aromatic heterocycles. The lowest BCUT2D eigenvalue weighted by Gasteiger charge is -2.16. The Morgan fingerprint density at radius 3 is 2.52 bits per heavy atom. The topological polar surface area (TPSA) is 52.6 Å². The summed E-state index contributed by atoms with van der Waals surface area (Å²) >= 11 is 0. The van der Waals surface area contributed by atoms with Crippen molar-refractivity contribution in [2.45, 2.75) is 25.2 Å². The standard InChI is InChI=1S/C16H22O4S/c1-21(17,18)12-16(7-8-16)11-20-15-4-2-13(3-5-15)14-6-9-19-10-14/h2-5,14H,6-12H2,1H3. The Bertz CT molecular complexity index is 581. The average molecular weight is 310 g/mol. The molecule has 1 unspecified atom stereocenters. The van der Waals surface area contributed by atoms with Gasteiger partial charge < -0.3 is 9.47 Å². The molecule has 3 rings (SSSR count). The molecule has 0 bridgehead atoms. The van der Waals surface area contributed by atoms with Gasteiger partial charge in [0, 0.05) is 24.2 Å². The third-order valence-electron chi connectivity index (χ3n) is 4.35. The average Bonchev–Trinajstić information content (AvgIpc) is 2.97. The quantitative estimate of drug-likeness (QED) is 0.809. The lowest BCUT2D eigenvalue weighted by atomic mass is 9.99. The molecule has 1 saturated carbocycles. The third-order valence-corrected chi connectivity index (χ3v) is 5.49. The smallest absolute Gasteiger partial charge is 0.148 e. The first-order chi connectivity index (χ1) is 9.96. The summed E-state index contributed by atoms with van der Waals surface area (Å²) in [5.74, 6) is 1.55. The Morgan fingerprint density at radius 1 is 1.29 bits per heavy atom. The van der Waals surface area contributed by atoms with E-state index in [0.717, 1.165) is 38.2 Å². The molecule has 0 amide bonds. The zero-order chi connectivity index (χ0) is 14.9. The number of ether oxygens (including phenoxy) is 2. The van der Waals surface area contributed by atoms with Crippen molar-refractivity contribution in [3.05, 3.63) is 29.8 Å². The minimum atomic E-state index is -2.94. The Labute approximate surface area is 126 Å². The fourth-order valence-electron chi connectivity index (χ4n) is 2.93. The summed E-state index contributed by atoms with van der Waals surface area (Å²) in [6.45, 7) is 2.14. The summed E-state index contributed by atoms with van der Waals surface area (Å²) in [6.07, 6.45) is 4.26. The van der Waals surface area contributed by atoms with E-state index in [0.29, 0.717) is 12.5 Å². The molecule has 5 heteroatoms. The van der Waals surface area contributed by atoms with Crippen molar-refractivity contribution in [3.63, 3.8) is 0 Å². The van der Waals surface area contributed by atoms with Gasteiger partial charge in [-0.2, -0.15) is 0 Å². The molecule has 1 heterocycles. The summed E-state index contributed by atoms with van der Waals surface area (Å²) in [4.78, 5) is 0. The molecule has 0 N–H and O–H groups in total. The molecule has 1 aromatic rings. The van der Waals surface area contributed by atoms with Gasteiger partial charge in [-0.3, -0.25) is 0 Å². The molecule has 21 heavy (non-hydrogen) atoms. The van der Waals surface area contributed by atoms with Gasteiger partial charge in [-0.05, 0) is 37.0 Å². The van der Waals surface area contributed by atoms with Crippen molar-refractivity contribution in [3.8, 4) is 5.75 Å². The van der Waals surface area contributed by atoms with E-state index in [1.165, 1.54) is 11.8 Å². The van der Waals surface area contributed by atoms with Crippen LogP contribution in [0.15, 0.2) is 24.3 Å². The molecular formula is C16H22O4S. The minimum absolute atomic E-state index is 0.147. The van der Waals surface area contributed by atoms with Crippen molar-refractivity contribution in [2.75, 3.05) is 31.8 Å². The van der Waals surface area contributed by atoms with Crippen molar-refractivity contribution in [1.82, 2.24) is 0 Å². The molecule has 2 fully saturated rings. The van der Waals surface area contributed by atoms with E-state index in [9.17, 15) is 8.42 Å². The van der Waals surface area contributed by atoms with Gasteiger partial charge in [0.25, 0.3) is 0 Å². The number of sulfone groups is 1. The second-order valence-electron chi connectivity index (χ2n) is 6.49. The molecule has 2 aliphatic rings. The highest BCUT2D eigenvalue weighted by molar-refractivity contribution is 7.90. The van der Waals surface area contributed by atoms with E-state index in [1.54, 1.807) is 0 Å². The Kier molecular flexibility index (Phi) is 3.97. The van der Waals surface area contributed by atoms with Crippen LogP contribution in [0.2, 0.25) is 0 Å². The molecule has 1 atom stereocenters. The number of hydrogen-bond donors (Lipinski definition) is 0. The maximum atomic E-state index is 11.4. The van der Waals surface area contributed by atoms with E-state index < -0.39 is 9.84 Å². The summed E-state index contributed by atoms with van der Waals surface area (Å²) in [7, 11) is -2.94. The van der Waals surface area contributed by atoms with Gasteiger partial charge in [0.15, 0.2) is 0 Å². The van der Waals surface area contributed by atoms with Gasteiger partial charge in [-0.25, -0.2) is 8.42 Å². The summed E-state index contributed by atoms with van der Waals surface area (Å²) < 4.78 is 34.0.